The predicted octanol–water partition coefficient (Wildman–Crippen LogP) is 2.84. The lowest BCUT2D eigenvalue weighted by atomic mass is 10.0. The van der Waals surface area contributed by atoms with Gasteiger partial charge in [-0.2, -0.15) is 0 Å². The number of carbonyl (C=O) groups is 1. The molecule has 0 radical (unpaired) electrons. The van der Waals surface area contributed by atoms with Crippen LogP contribution in [0.5, 0.6) is 0 Å². The molecule has 0 fully saturated rings. The van der Waals surface area contributed by atoms with Crippen molar-refractivity contribution in [3.8, 4) is 0 Å². The summed E-state index contributed by atoms with van der Waals surface area (Å²) in [6, 6.07) is 5.85. The van der Waals surface area contributed by atoms with Crippen molar-refractivity contribution < 1.29 is 4.79 Å². The van der Waals surface area contributed by atoms with E-state index in [0.29, 0.717) is 11.3 Å². The lowest BCUT2D eigenvalue weighted by Crippen LogP contribution is -2.37. The van der Waals surface area contributed by atoms with Crippen molar-refractivity contribution in [2.75, 3.05) is 12.8 Å². The van der Waals surface area contributed by atoms with Crippen LogP contribution in [0.4, 0.5) is 5.69 Å². The lowest BCUT2D eigenvalue weighted by Gasteiger charge is -2.27. The fourth-order valence-corrected chi connectivity index (χ4v) is 2.16. The average Bonchev–Trinajstić information content (AvgIpc) is 2.30. The molecule has 0 saturated carbocycles. The van der Waals surface area contributed by atoms with E-state index in [1.54, 1.807) is 11.0 Å². The molecule has 0 heterocycles. The summed E-state index contributed by atoms with van der Waals surface area (Å²) in [4.78, 5) is 14.2. The van der Waals surface area contributed by atoms with Crippen molar-refractivity contribution >= 4 is 11.6 Å². The van der Waals surface area contributed by atoms with Crippen LogP contribution in [-0.2, 0) is 0 Å². The molecule has 0 saturated heterocycles. The molecule has 1 aromatic rings. The van der Waals surface area contributed by atoms with Crippen molar-refractivity contribution in [2.24, 2.45) is 0 Å². The quantitative estimate of drug-likeness (QED) is 0.814. The number of nitrogen functional groups attached to an aromatic ring is 1. The highest BCUT2D eigenvalue weighted by molar-refractivity contribution is 6.00. The summed E-state index contributed by atoms with van der Waals surface area (Å²) in [5.41, 5.74) is 8.04. The van der Waals surface area contributed by atoms with Gasteiger partial charge < -0.3 is 10.6 Å². The number of anilines is 1. The third-order valence-electron chi connectivity index (χ3n) is 3.33. The zero-order chi connectivity index (χ0) is 13.0. The van der Waals surface area contributed by atoms with E-state index in [0.717, 1.165) is 18.4 Å². The Hall–Kier alpha value is -1.51. The van der Waals surface area contributed by atoms with Crippen molar-refractivity contribution in [1.29, 1.82) is 0 Å². The number of aryl methyl sites for hydroxylation is 1. The fourth-order valence-electron chi connectivity index (χ4n) is 2.16. The molecule has 0 unspecified atom stereocenters. The number of hydrogen-bond acceptors (Lipinski definition) is 2. The summed E-state index contributed by atoms with van der Waals surface area (Å²) < 4.78 is 0. The normalized spacial score (nSPS) is 10.6. The van der Waals surface area contributed by atoms with E-state index >= 15 is 0 Å². The van der Waals surface area contributed by atoms with Crippen molar-refractivity contribution in [3.63, 3.8) is 0 Å². The summed E-state index contributed by atoms with van der Waals surface area (Å²) in [7, 11) is 1.85. The van der Waals surface area contributed by atoms with Crippen LogP contribution in [0.1, 0.15) is 42.6 Å². The van der Waals surface area contributed by atoms with E-state index in [1.807, 2.05) is 26.1 Å². The summed E-state index contributed by atoms with van der Waals surface area (Å²) in [6.07, 6.45) is 1.93. The van der Waals surface area contributed by atoms with Gasteiger partial charge in [-0.25, -0.2) is 0 Å². The van der Waals surface area contributed by atoms with E-state index in [9.17, 15) is 4.79 Å². The van der Waals surface area contributed by atoms with Crippen molar-refractivity contribution in [3.05, 3.63) is 29.3 Å². The van der Waals surface area contributed by atoms with E-state index in [4.69, 9.17) is 5.73 Å². The third-order valence-corrected chi connectivity index (χ3v) is 3.33. The number of rotatable bonds is 4. The van der Waals surface area contributed by atoms with Gasteiger partial charge in [0.25, 0.3) is 5.91 Å². The van der Waals surface area contributed by atoms with Gasteiger partial charge in [0.05, 0.1) is 5.56 Å². The number of amides is 1. The van der Waals surface area contributed by atoms with E-state index in [1.165, 1.54) is 0 Å². The SMILES string of the molecule is CCC(CC)N(C)C(=O)c1c(C)cccc1N. The first-order chi connectivity index (χ1) is 8.02. The molecule has 94 valence electrons. The summed E-state index contributed by atoms with van der Waals surface area (Å²) in [6.45, 7) is 6.11. The standard InChI is InChI=1S/C14H22N2O/c1-5-11(6-2)16(4)14(17)13-10(3)8-7-9-12(13)15/h7-9,11H,5-6,15H2,1-4H3. The molecule has 0 aliphatic heterocycles. The van der Waals surface area contributed by atoms with E-state index in [-0.39, 0.29) is 11.9 Å². The van der Waals surface area contributed by atoms with Gasteiger partial charge in [0.1, 0.15) is 0 Å². The van der Waals surface area contributed by atoms with Crippen LogP contribution in [0, 0.1) is 6.92 Å². The molecule has 1 rings (SSSR count). The topological polar surface area (TPSA) is 46.3 Å². The van der Waals surface area contributed by atoms with Crippen LogP contribution in [0.25, 0.3) is 0 Å². The Bertz CT molecular complexity index is 377. The van der Waals surface area contributed by atoms with Crippen molar-refractivity contribution in [2.45, 2.75) is 39.7 Å². The molecule has 1 aromatic carbocycles. The Morgan fingerprint density at radius 1 is 1.35 bits per heavy atom. The van der Waals surface area contributed by atoms with Crippen molar-refractivity contribution in [1.82, 2.24) is 4.90 Å². The van der Waals surface area contributed by atoms with Crippen LogP contribution in [-0.4, -0.2) is 23.9 Å². The molecule has 0 bridgehead atoms. The molecular weight excluding hydrogens is 212 g/mol. The van der Waals surface area contributed by atoms with Gasteiger partial charge in [-0.3, -0.25) is 4.79 Å². The first-order valence-electron chi connectivity index (χ1n) is 6.15. The highest BCUT2D eigenvalue weighted by Crippen LogP contribution is 2.20. The minimum Gasteiger partial charge on any atom is -0.398 e. The average molecular weight is 234 g/mol. The second kappa shape index (κ2) is 5.71. The third kappa shape index (κ3) is 2.78. The highest BCUT2D eigenvalue weighted by Gasteiger charge is 2.21. The second-order valence-electron chi connectivity index (χ2n) is 4.43. The van der Waals surface area contributed by atoms with Gasteiger partial charge in [0.15, 0.2) is 0 Å². The van der Waals surface area contributed by atoms with Gasteiger partial charge in [-0.15, -0.1) is 0 Å². The second-order valence-corrected chi connectivity index (χ2v) is 4.43. The Morgan fingerprint density at radius 2 is 1.94 bits per heavy atom. The zero-order valence-corrected chi connectivity index (χ0v) is 11.2. The van der Waals surface area contributed by atoms with E-state index in [2.05, 4.69) is 13.8 Å². The molecule has 0 aliphatic carbocycles. The first-order valence-corrected chi connectivity index (χ1v) is 6.15. The minimum atomic E-state index is 0.0225. The van der Waals surface area contributed by atoms with Gasteiger partial charge in [0, 0.05) is 18.8 Å². The largest absolute Gasteiger partial charge is 0.398 e. The van der Waals surface area contributed by atoms with Gasteiger partial charge >= 0.3 is 0 Å². The maximum absolute atomic E-state index is 12.4. The summed E-state index contributed by atoms with van der Waals surface area (Å²) in [5.74, 6) is 0.0225. The molecule has 1 amide bonds. The van der Waals surface area contributed by atoms with Crippen LogP contribution in [0.15, 0.2) is 18.2 Å². The Kier molecular flexibility index (Phi) is 4.55. The minimum absolute atomic E-state index is 0.0225. The molecule has 0 aliphatic rings. The lowest BCUT2D eigenvalue weighted by molar-refractivity contribution is 0.0724. The number of nitrogens with two attached hydrogens (primary N) is 1. The first kappa shape index (κ1) is 13.6. The zero-order valence-electron chi connectivity index (χ0n) is 11.2. The molecular formula is C14H22N2O. The van der Waals surface area contributed by atoms with E-state index < -0.39 is 0 Å². The van der Waals surface area contributed by atoms with Gasteiger partial charge in [-0.05, 0) is 31.4 Å². The van der Waals surface area contributed by atoms with Crippen LogP contribution >= 0.6 is 0 Å². The maximum atomic E-state index is 12.4. The fraction of sp³-hybridized carbons (Fsp3) is 0.500. The Labute approximate surface area is 104 Å². The molecule has 0 aromatic heterocycles. The highest BCUT2D eigenvalue weighted by atomic mass is 16.2. The molecule has 3 heteroatoms. The van der Waals surface area contributed by atoms with Crippen LogP contribution in [0.3, 0.4) is 0 Å². The van der Waals surface area contributed by atoms with Crippen LogP contribution in [0.2, 0.25) is 0 Å². The summed E-state index contributed by atoms with van der Waals surface area (Å²) in [5, 5.41) is 0. The van der Waals surface area contributed by atoms with Gasteiger partial charge in [-0.1, -0.05) is 26.0 Å². The monoisotopic (exact) mass is 234 g/mol. The molecule has 17 heavy (non-hydrogen) atoms. The van der Waals surface area contributed by atoms with Gasteiger partial charge in [0.2, 0.25) is 0 Å². The number of carbonyl (C=O) groups excluding carboxylic acids is 1. The smallest absolute Gasteiger partial charge is 0.256 e. The molecule has 0 atom stereocenters. The molecule has 0 spiro atoms. The summed E-state index contributed by atoms with van der Waals surface area (Å²) >= 11 is 0. The number of nitrogens with zero attached hydrogens (tertiary/aromatic N) is 1. The Morgan fingerprint density at radius 3 is 2.41 bits per heavy atom. The Balaban J connectivity index is 3.04. The maximum Gasteiger partial charge on any atom is 0.256 e. The number of hydrogen-bond donors (Lipinski definition) is 1. The van der Waals surface area contributed by atoms with Crippen LogP contribution < -0.4 is 5.73 Å². The molecule has 3 nitrogen and oxygen atoms in total. The predicted molar refractivity (Wildman–Crippen MR) is 72.1 cm³/mol. The number of benzene rings is 1. The molecule has 2 N–H and O–H groups in total.